The largest absolute Gasteiger partial charge is 0.497 e. The molecule has 0 aliphatic carbocycles. The molecule has 8 heteroatoms. The van der Waals surface area contributed by atoms with Crippen molar-refractivity contribution in [2.75, 3.05) is 19.6 Å². The summed E-state index contributed by atoms with van der Waals surface area (Å²) in [5.74, 6) is -0.205. The first kappa shape index (κ1) is 14.2. The molecule has 0 radical (unpaired) electrons. The number of aliphatic hydroxyl groups is 1. The van der Waals surface area contributed by atoms with Crippen LogP contribution in [-0.2, 0) is 14.6 Å². The number of methoxy groups -OCH3 is 1. The Morgan fingerprint density at radius 1 is 1.43 bits per heavy atom. The Hall–Kier alpha value is -1.80. The molecule has 2 heterocycles. The van der Waals surface area contributed by atoms with Gasteiger partial charge in [-0.1, -0.05) is 0 Å². The van der Waals surface area contributed by atoms with E-state index in [0.717, 1.165) is 0 Å². The van der Waals surface area contributed by atoms with Crippen LogP contribution in [0, 0.1) is 0 Å². The Balaban J connectivity index is 2.20. The summed E-state index contributed by atoms with van der Waals surface area (Å²) in [4.78, 5) is 13.4. The van der Waals surface area contributed by atoms with Crippen LogP contribution in [0.25, 0.3) is 0 Å². The number of carbonyl (C=O) groups excluding carboxylic acids is 1. The van der Waals surface area contributed by atoms with Crippen LogP contribution in [0.15, 0.2) is 23.1 Å². The molecule has 114 valence electrons. The molecule has 0 spiro atoms. The molecule has 21 heavy (non-hydrogen) atoms. The van der Waals surface area contributed by atoms with Gasteiger partial charge in [-0.2, -0.15) is 0 Å². The van der Waals surface area contributed by atoms with E-state index >= 15 is 0 Å². The number of rotatable bonds is 1. The van der Waals surface area contributed by atoms with Gasteiger partial charge in [0.25, 0.3) is 0 Å². The van der Waals surface area contributed by atoms with Crippen molar-refractivity contribution >= 4 is 15.9 Å². The maximum absolute atomic E-state index is 12.3. The summed E-state index contributed by atoms with van der Waals surface area (Å²) in [6.07, 6.45) is -1.17. The highest BCUT2D eigenvalue weighted by atomic mass is 32.2. The van der Waals surface area contributed by atoms with Crippen molar-refractivity contribution in [2.45, 2.75) is 23.5 Å². The van der Waals surface area contributed by atoms with Crippen LogP contribution in [-0.4, -0.2) is 50.2 Å². The van der Waals surface area contributed by atoms with E-state index < -0.39 is 34.0 Å². The van der Waals surface area contributed by atoms with Gasteiger partial charge in [0, 0.05) is 0 Å². The van der Waals surface area contributed by atoms with Gasteiger partial charge in [-0.05, 0) is 30.2 Å². The fourth-order valence-electron chi connectivity index (χ4n) is 2.78. The van der Waals surface area contributed by atoms with Crippen LogP contribution in [0.3, 0.4) is 0 Å². The summed E-state index contributed by atoms with van der Waals surface area (Å²) < 4.78 is 34.5. The summed E-state index contributed by atoms with van der Waals surface area (Å²) in [6, 6.07) is 4.06. The topological polar surface area (TPSA) is 93.1 Å². The number of ether oxygens (including phenoxy) is 2. The number of sulfone groups is 1. The second kappa shape index (κ2) is 4.88. The van der Waals surface area contributed by atoms with Gasteiger partial charge in [0.15, 0.2) is 5.94 Å². The minimum absolute atomic E-state index is 0.111. The molecule has 0 aromatic heterocycles. The van der Waals surface area contributed by atoms with Gasteiger partial charge in [-0.3, -0.25) is 4.90 Å². The Morgan fingerprint density at radius 3 is 2.90 bits per heavy atom. The minimum Gasteiger partial charge on any atom is -0.497 e. The fourth-order valence-corrected chi connectivity index (χ4v) is 3.99. The van der Waals surface area contributed by atoms with E-state index in [9.17, 15) is 18.3 Å². The van der Waals surface area contributed by atoms with E-state index in [4.69, 9.17) is 9.47 Å². The van der Waals surface area contributed by atoms with Gasteiger partial charge in [0.2, 0.25) is 9.84 Å². The Morgan fingerprint density at radius 2 is 2.19 bits per heavy atom. The van der Waals surface area contributed by atoms with Crippen molar-refractivity contribution in [3.63, 3.8) is 0 Å². The number of hydrogen-bond acceptors (Lipinski definition) is 6. The molecule has 0 unspecified atom stereocenters. The predicted molar refractivity (Wildman–Crippen MR) is 71.6 cm³/mol. The molecule has 7 nitrogen and oxygen atoms in total. The van der Waals surface area contributed by atoms with Gasteiger partial charge in [0.1, 0.15) is 5.75 Å². The van der Waals surface area contributed by atoms with Crippen LogP contribution < -0.4 is 4.74 Å². The standard InChI is InChI=1S/C13H15NO6S/c1-19-9-2-3-12-10(5-9)11-4-8(15)6-14(11)13(16)20-7-21(12,17)18/h2-3,5,8,11,15H,4,6-7H2,1H3/t8-,11-/m1/s1. The molecule has 1 fully saturated rings. The second-order valence-electron chi connectivity index (χ2n) is 5.10. The summed E-state index contributed by atoms with van der Waals surface area (Å²) in [5.41, 5.74) is 0.461. The molecular formula is C13H15NO6S. The van der Waals surface area contributed by atoms with Crippen LogP contribution in [0.1, 0.15) is 18.0 Å². The number of amides is 1. The average molecular weight is 313 g/mol. The lowest BCUT2D eigenvalue weighted by molar-refractivity contribution is 0.105. The van der Waals surface area contributed by atoms with Gasteiger partial charge in [-0.15, -0.1) is 0 Å². The highest BCUT2D eigenvalue weighted by Crippen LogP contribution is 2.39. The number of carbonyl (C=O) groups is 1. The monoisotopic (exact) mass is 313 g/mol. The van der Waals surface area contributed by atoms with E-state index in [1.54, 1.807) is 12.1 Å². The van der Waals surface area contributed by atoms with Gasteiger partial charge >= 0.3 is 6.09 Å². The van der Waals surface area contributed by atoms with Crippen LogP contribution in [0.5, 0.6) is 5.75 Å². The van der Waals surface area contributed by atoms with E-state index in [1.165, 1.54) is 18.1 Å². The zero-order valence-electron chi connectivity index (χ0n) is 11.4. The second-order valence-corrected chi connectivity index (χ2v) is 7.01. The number of hydrogen-bond donors (Lipinski definition) is 1. The Bertz CT molecular complexity index is 686. The number of cyclic esters (lactones) is 1. The molecule has 1 saturated heterocycles. The van der Waals surface area contributed by atoms with E-state index in [0.29, 0.717) is 11.3 Å². The number of aliphatic hydroxyl groups excluding tert-OH is 1. The average Bonchev–Trinajstić information content (AvgIpc) is 2.85. The van der Waals surface area contributed by atoms with Crippen LogP contribution in [0.2, 0.25) is 0 Å². The number of benzene rings is 1. The van der Waals surface area contributed by atoms with E-state index in [-0.39, 0.29) is 17.9 Å². The Labute approximate surface area is 122 Å². The van der Waals surface area contributed by atoms with Gasteiger partial charge < -0.3 is 14.6 Å². The lowest BCUT2D eigenvalue weighted by atomic mass is 10.0. The van der Waals surface area contributed by atoms with Crippen LogP contribution in [0.4, 0.5) is 4.79 Å². The van der Waals surface area contributed by atoms with Crippen molar-refractivity contribution < 1.29 is 27.8 Å². The van der Waals surface area contributed by atoms with Crippen molar-refractivity contribution in [1.29, 1.82) is 0 Å². The van der Waals surface area contributed by atoms with Gasteiger partial charge in [0.05, 0.1) is 30.7 Å². The van der Waals surface area contributed by atoms with Crippen molar-refractivity contribution in [3.8, 4) is 5.75 Å². The zero-order chi connectivity index (χ0) is 15.2. The van der Waals surface area contributed by atoms with Crippen molar-refractivity contribution in [2.24, 2.45) is 0 Å². The summed E-state index contributed by atoms with van der Waals surface area (Å²) in [5, 5.41) is 9.81. The summed E-state index contributed by atoms with van der Waals surface area (Å²) in [7, 11) is -2.24. The summed E-state index contributed by atoms with van der Waals surface area (Å²) in [6.45, 7) is 0.125. The molecule has 0 saturated carbocycles. The quantitative estimate of drug-likeness (QED) is 0.819. The zero-order valence-corrected chi connectivity index (χ0v) is 12.2. The molecule has 1 aromatic carbocycles. The smallest absolute Gasteiger partial charge is 0.411 e. The highest BCUT2D eigenvalue weighted by molar-refractivity contribution is 7.91. The first-order chi connectivity index (χ1) is 9.92. The molecule has 3 rings (SSSR count). The van der Waals surface area contributed by atoms with Crippen molar-refractivity contribution in [1.82, 2.24) is 4.90 Å². The Kier molecular flexibility index (Phi) is 3.29. The lowest BCUT2D eigenvalue weighted by Gasteiger charge is -2.28. The minimum atomic E-state index is -3.72. The summed E-state index contributed by atoms with van der Waals surface area (Å²) >= 11 is 0. The number of fused-ring (bicyclic) bond motifs is 3. The molecule has 1 N–H and O–H groups in total. The maximum Gasteiger partial charge on any atom is 0.411 e. The van der Waals surface area contributed by atoms with E-state index in [2.05, 4.69) is 0 Å². The molecule has 2 aliphatic heterocycles. The molecule has 2 aliphatic rings. The molecule has 1 amide bonds. The third kappa shape index (κ3) is 2.34. The third-order valence-corrected chi connectivity index (χ3v) is 5.23. The van der Waals surface area contributed by atoms with Gasteiger partial charge in [-0.25, -0.2) is 13.2 Å². The molecular weight excluding hydrogens is 298 g/mol. The molecule has 1 aromatic rings. The SMILES string of the molecule is COc1ccc2c(c1)[C@H]1C[C@@H](O)CN1C(=O)OCS2(=O)=O. The lowest BCUT2D eigenvalue weighted by Crippen LogP contribution is -2.36. The third-order valence-electron chi connectivity index (χ3n) is 3.76. The molecule has 0 bridgehead atoms. The molecule has 2 atom stereocenters. The predicted octanol–water partition coefficient (Wildman–Crippen LogP) is 0.684. The highest BCUT2D eigenvalue weighted by Gasteiger charge is 2.41. The first-order valence-electron chi connectivity index (χ1n) is 6.44. The first-order valence-corrected chi connectivity index (χ1v) is 8.10. The fraction of sp³-hybridized carbons (Fsp3) is 0.462. The van der Waals surface area contributed by atoms with Crippen molar-refractivity contribution in [3.05, 3.63) is 23.8 Å². The van der Waals surface area contributed by atoms with E-state index in [1.807, 2.05) is 0 Å². The maximum atomic E-state index is 12.3. The number of nitrogens with zero attached hydrogens (tertiary/aromatic N) is 1. The normalized spacial score (nSPS) is 27.1. The van der Waals surface area contributed by atoms with Crippen LogP contribution >= 0.6 is 0 Å².